The van der Waals surface area contributed by atoms with E-state index in [0.717, 1.165) is 25.7 Å². The maximum atomic E-state index is 12.0. The Kier molecular flexibility index (Phi) is 36.1. The summed E-state index contributed by atoms with van der Waals surface area (Å²) in [6.45, 7) is 5.04. The number of esters is 1. The second-order valence-corrected chi connectivity index (χ2v) is 13.4. The van der Waals surface area contributed by atoms with Crippen LogP contribution in [0.5, 0.6) is 0 Å². The monoisotopic (exact) mass is 595 g/mol. The highest BCUT2D eigenvalue weighted by molar-refractivity contribution is 5.74. The topological polar surface area (TPSA) is 46.5 Å². The molecule has 1 unspecified atom stereocenters. The third kappa shape index (κ3) is 33.9. The van der Waals surface area contributed by atoms with Gasteiger partial charge in [-0.1, -0.05) is 219 Å². The Morgan fingerprint density at radius 3 is 0.929 bits per heavy atom. The lowest BCUT2D eigenvalue weighted by Crippen LogP contribution is -2.23. The smallest absolute Gasteiger partial charge is 0.334 e. The summed E-state index contributed by atoms with van der Waals surface area (Å²) in [4.78, 5) is 12.0. The summed E-state index contributed by atoms with van der Waals surface area (Å²) in [6, 6.07) is 0. The van der Waals surface area contributed by atoms with E-state index in [1.54, 1.807) is 0 Å². The predicted octanol–water partition coefficient (Wildman–Crippen LogP) is 13.2. The van der Waals surface area contributed by atoms with E-state index in [9.17, 15) is 9.90 Å². The molecule has 252 valence electrons. The SMILES string of the molecule is CCCCCCCCCCCCCCCCCCCC(O)C(=O)OCCCCCCCCCCCCCCCCCC. The minimum absolute atomic E-state index is 0.410. The standard InChI is InChI=1S/C39H78O3/c1-3-5-7-9-11-13-15-17-19-21-22-24-26-28-30-32-34-36-38(40)39(41)42-37-35-33-31-29-27-25-23-20-18-16-14-12-10-8-6-4-2/h38,40H,3-37H2,1-2H3. The number of hydrogen-bond acceptors (Lipinski definition) is 3. The fourth-order valence-corrected chi connectivity index (χ4v) is 6.10. The van der Waals surface area contributed by atoms with Crippen molar-refractivity contribution in [2.75, 3.05) is 6.61 Å². The molecule has 0 aliphatic rings. The molecule has 0 aromatic carbocycles. The van der Waals surface area contributed by atoms with Crippen molar-refractivity contribution >= 4 is 5.97 Å². The largest absolute Gasteiger partial charge is 0.464 e. The van der Waals surface area contributed by atoms with Gasteiger partial charge in [-0.2, -0.15) is 0 Å². The predicted molar refractivity (Wildman–Crippen MR) is 185 cm³/mol. The molecule has 0 aromatic rings. The number of aliphatic hydroxyl groups excluding tert-OH is 1. The fourth-order valence-electron chi connectivity index (χ4n) is 6.10. The van der Waals surface area contributed by atoms with Crippen LogP contribution in [-0.2, 0) is 9.53 Å². The number of carbonyl (C=O) groups excluding carboxylic acids is 1. The van der Waals surface area contributed by atoms with Crippen LogP contribution in [0.15, 0.2) is 0 Å². The van der Waals surface area contributed by atoms with Crippen LogP contribution >= 0.6 is 0 Å². The van der Waals surface area contributed by atoms with Gasteiger partial charge in [-0.25, -0.2) is 4.79 Å². The molecule has 0 spiro atoms. The van der Waals surface area contributed by atoms with Gasteiger partial charge in [-0.05, 0) is 12.8 Å². The zero-order valence-electron chi connectivity index (χ0n) is 29.1. The second-order valence-electron chi connectivity index (χ2n) is 13.4. The van der Waals surface area contributed by atoms with E-state index < -0.39 is 12.1 Å². The van der Waals surface area contributed by atoms with Crippen molar-refractivity contribution in [2.24, 2.45) is 0 Å². The minimum Gasteiger partial charge on any atom is -0.464 e. The average molecular weight is 595 g/mol. The Labute approximate surface area is 265 Å². The molecular formula is C39H78O3. The van der Waals surface area contributed by atoms with E-state index in [1.165, 1.54) is 186 Å². The van der Waals surface area contributed by atoms with Crippen LogP contribution in [0.1, 0.15) is 232 Å². The van der Waals surface area contributed by atoms with E-state index in [0.29, 0.717) is 13.0 Å². The fraction of sp³-hybridized carbons (Fsp3) is 0.974. The normalized spacial score (nSPS) is 12.2. The van der Waals surface area contributed by atoms with Gasteiger partial charge in [-0.15, -0.1) is 0 Å². The van der Waals surface area contributed by atoms with Crippen molar-refractivity contribution in [3.63, 3.8) is 0 Å². The summed E-state index contributed by atoms with van der Waals surface area (Å²) >= 11 is 0. The first kappa shape index (κ1) is 41.4. The Morgan fingerprint density at radius 2 is 0.643 bits per heavy atom. The molecule has 0 amide bonds. The van der Waals surface area contributed by atoms with Gasteiger partial charge in [0, 0.05) is 0 Å². The molecule has 0 saturated heterocycles. The molecule has 0 aliphatic heterocycles. The highest BCUT2D eigenvalue weighted by Crippen LogP contribution is 2.16. The number of rotatable bonds is 36. The molecule has 3 heteroatoms. The average Bonchev–Trinajstić information content (AvgIpc) is 3.00. The van der Waals surface area contributed by atoms with E-state index in [4.69, 9.17) is 4.74 Å². The highest BCUT2D eigenvalue weighted by Gasteiger charge is 2.15. The number of hydrogen-bond donors (Lipinski definition) is 1. The molecule has 1 N–H and O–H groups in total. The van der Waals surface area contributed by atoms with Crippen LogP contribution in [0.3, 0.4) is 0 Å². The van der Waals surface area contributed by atoms with Gasteiger partial charge in [0.25, 0.3) is 0 Å². The molecule has 0 rings (SSSR count). The maximum Gasteiger partial charge on any atom is 0.334 e. The molecule has 1 atom stereocenters. The first-order chi connectivity index (χ1) is 20.7. The van der Waals surface area contributed by atoms with Gasteiger partial charge in [-0.3, -0.25) is 0 Å². The molecule has 0 radical (unpaired) electrons. The van der Waals surface area contributed by atoms with E-state index in [-0.39, 0.29) is 0 Å². The zero-order chi connectivity index (χ0) is 30.6. The molecule has 0 heterocycles. The molecule has 0 saturated carbocycles. The summed E-state index contributed by atoms with van der Waals surface area (Å²) < 4.78 is 5.32. The third-order valence-corrected chi connectivity index (χ3v) is 9.10. The van der Waals surface area contributed by atoms with Crippen molar-refractivity contribution < 1.29 is 14.6 Å². The Hall–Kier alpha value is -0.570. The van der Waals surface area contributed by atoms with Gasteiger partial charge in [0.2, 0.25) is 0 Å². The summed E-state index contributed by atoms with van der Waals surface area (Å²) in [6.07, 6.45) is 43.9. The lowest BCUT2D eigenvalue weighted by Gasteiger charge is -2.10. The van der Waals surface area contributed by atoms with Gasteiger partial charge in [0.1, 0.15) is 0 Å². The molecule has 0 aliphatic carbocycles. The molecule has 42 heavy (non-hydrogen) atoms. The van der Waals surface area contributed by atoms with Crippen molar-refractivity contribution in [3.05, 3.63) is 0 Å². The first-order valence-electron chi connectivity index (χ1n) is 19.6. The van der Waals surface area contributed by atoms with E-state index in [1.807, 2.05) is 0 Å². The lowest BCUT2D eigenvalue weighted by molar-refractivity contribution is -0.154. The highest BCUT2D eigenvalue weighted by atomic mass is 16.5. The van der Waals surface area contributed by atoms with Crippen LogP contribution in [0, 0.1) is 0 Å². The minimum atomic E-state index is -0.928. The second kappa shape index (κ2) is 36.6. The van der Waals surface area contributed by atoms with Crippen molar-refractivity contribution in [3.8, 4) is 0 Å². The van der Waals surface area contributed by atoms with Crippen LogP contribution in [0.4, 0.5) is 0 Å². The Bertz CT molecular complexity index is 506. The Balaban J connectivity index is 3.26. The molecule has 0 bridgehead atoms. The van der Waals surface area contributed by atoms with Crippen molar-refractivity contribution in [2.45, 2.75) is 238 Å². The van der Waals surface area contributed by atoms with Crippen molar-refractivity contribution in [1.82, 2.24) is 0 Å². The third-order valence-electron chi connectivity index (χ3n) is 9.10. The first-order valence-corrected chi connectivity index (χ1v) is 19.6. The molecule has 0 aromatic heterocycles. The number of carbonyl (C=O) groups is 1. The molecular weight excluding hydrogens is 516 g/mol. The van der Waals surface area contributed by atoms with Gasteiger partial charge in [0.15, 0.2) is 6.10 Å². The van der Waals surface area contributed by atoms with E-state index in [2.05, 4.69) is 13.8 Å². The van der Waals surface area contributed by atoms with Crippen molar-refractivity contribution in [1.29, 1.82) is 0 Å². The summed E-state index contributed by atoms with van der Waals surface area (Å²) in [5, 5.41) is 10.1. The number of ether oxygens (including phenoxy) is 1. The molecule has 3 nitrogen and oxygen atoms in total. The van der Waals surface area contributed by atoms with Gasteiger partial charge >= 0.3 is 5.97 Å². The number of aliphatic hydroxyl groups is 1. The summed E-state index contributed by atoms with van der Waals surface area (Å²) in [5.74, 6) is -0.410. The maximum absolute atomic E-state index is 12.0. The quantitative estimate of drug-likeness (QED) is 0.0579. The zero-order valence-corrected chi connectivity index (χ0v) is 29.1. The van der Waals surface area contributed by atoms with Crippen LogP contribution < -0.4 is 0 Å². The van der Waals surface area contributed by atoms with Crippen LogP contribution in [0.2, 0.25) is 0 Å². The summed E-state index contributed by atoms with van der Waals surface area (Å²) in [7, 11) is 0. The van der Waals surface area contributed by atoms with Gasteiger partial charge in [0.05, 0.1) is 6.61 Å². The Morgan fingerprint density at radius 1 is 0.405 bits per heavy atom. The van der Waals surface area contributed by atoms with Crippen LogP contribution in [0.25, 0.3) is 0 Å². The molecule has 0 fully saturated rings. The lowest BCUT2D eigenvalue weighted by atomic mass is 10.0. The van der Waals surface area contributed by atoms with Crippen LogP contribution in [-0.4, -0.2) is 23.8 Å². The van der Waals surface area contributed by atoms with E-state index >= 15 is 0 Å². The summed E-state index contributed by atoms with van der Waals surface area (Å²) in [5.41, 5.74) is 0. The number of unbranched alkanes of at least 4 members (excludes halogenated alkanes) is 31. The van der Waals surface area contributed by atoms with Gasteiger partial charge < -0.3 is 9.84 Å².